The highest BCUT2D eigenvalue weighted by Gasteiger charge is 2.12. The maximum atomic E-state index is 10.7. The van der Waals surface area contributed by atoms with Gasteiger partial charge in [0.05, 0.1) is 11.7 Å². The number of thioether (sulfide) groups is 1. The SMILES string of the molecule is CC(CSCc1nnc(-c2ccccc2)o1)C(=O)O. The van der Waals surface area contributed by atoms with Gasteiger partial charge in [-0.3, -0.25) is 4.79 Å². The van der Waals surface area contributed by atoms with Gasteiger partial charge in [-0.1, -0.05) is 25.1 Å². The highest BCUT2D eigenvalue weighted by molar-refractivity contribution is 7.98. The Labute approximate surface area is 115 Å². The summed E-state index contributed by atoms with van der Waals surface area (Å²) in [5.74, 6) is 0.893. The van der Waals surface area contributed by atoms with E-state index in [4.69, 9.17) is 9.52 Å². The summed E-state index contributed by atoms with van der Waals surface area (Å²) in [4.78, 5) is 10.7. The van der Waals surface area contributed by atoms with Gasteiger partial charge in [0.25, 0.3) is 0 Å². The summed E-state index contributed by atoms with van der Waals surface area (Å²) in [6.07, 6.45) is 0. The third-order valence-corrected chi connectivity index (χ3v) is 3.69. The molecular weight excluding hydrogens is 264 g/mol. The summed E-state index contributed by atoms with van der Waals surface area (Å²) in [7, 11) is 0. The molecule has 0 amide bonds. The molecule has 0 aliphatic rings. The predicted molar refractivity (Wildman–Crippen MR) is 72.7 cm³/mol. The van der Waals surface area contributed by atoms with Crippen LogP contribution in [0, 0.1) is 5.92 Å². The van der Waals surface area contributed by atoms with E-state index >= 15 is 0 Å². The van der Waals surface area contributed by atoms with Crippen molar-refractivity contribution >= 4 is 17.7 Å². The van der Waals surface area contributed by atoms with E-state index < -0.39 is 5.97 Å². The minimum Gasteiger partial charge on any atom is -0.481 e. The van der Waals surface area contributed by atoms with E-state index in [-0.39, 0.29) is 5.92 Å². The number of nitrogens with zero attached hydrogens (tertiary/aromatic N) is 2. The normalized spacial score (nSPS) is 12.3. The Hall–Kier alpha value is -1.82. The molecule has 5 nitrogen and oxygen atoms in total. The minimum absolute atomic E-state index is 0.374. The molecule has 0 aliphatic carbocycles. The van der Waals surface area contributed by atoms with E-state index in [1.54, 1.807) is 6.92 Å². The van der Waals surface area contributed by atoms with Crippen LogP contribution in [0.25, 0.3) is 11.5 Å². The van der Waals surface area contributed by atoms with Crippen LogP contribution >= 0.6 is 11.8 Å². The Morgan fingerprint density at radius 3 is 2.79 bits per heavy atom. The summed E-state index contributed by atoms with van der Waals surface area (Å²) < 4.78 is 5.52. The number of aliphatic carboxylic acids is 1. The molecule has 1 N–H and O–H groups in total. The number of benzene rings is 1. The Morgan fingerprint density at radius 2 is 2.11 bits per heavy atom. The molecule has 2 rings (SSSR count). The fourth-order valence-corrected chi connectivity index (χ4v) is 2.31. The van der Waals surface area contributed by atoms with Crippen LogP contribution in [0.3, 0.4) is 0 Å². The summed E-state index contributed by atoms with van der Waals surface area (Å²) in [5.41, 5.74) is 0.880. The third-order valence-electron chi connectivity index (χ3n) is 2.50. The lowest BCUT2D eigenvalue weighted by molar-refractivity contribution is -0.140. The molecule has 1 unspecified atom stereocenters. The van der Waals surface area contributed by atoms with E-state index in [0.717, 1.165) is 5.56 Å². The average molecular weight is 278 g/mol. The highest BCUT2D eigenvalue weighted by Crippen LogP contribution is 2.20. The lowest BCUT2D eigenvalue weighted by atomic mass is 10.2. The molecule has 0 saturated carbocycles. The van der Waals surface area contributed by atoms with E-state index in [1.807, 2.05) is 30.3 Å². The Kier molecular flexibility index (Phi) is 4.57. The molecule has 0 spiro atoms. The van der Waals surface area contributed by atoms with E-state index in [9.17, 15) is 4.79 Å². The molecule has 0 bridgehead atoms. The van der Waals surface area contributed by atoms with Crippen LogP contribution in [0.15, 0.2) is 34.7 Å². The topological polar surface area (TPSA) is 76.2 Å². The maximum absolute atomic E-state index is 10.7. The first-order valence-electron chi connectivity index (χ1n) is 5.85. The number of carbonyl (C=O) groups is 1. The molecule has 2 aromatic rings. The van der Waals surface area contributed by atoms with Crippen LogP contribution in [0.1, 0.15) is 12.8 Å². The highest BCUT2D eigenvalue weighted by atomic mass is 32.2. The van der Waals surface area contributed by atoms with E-state index in [1.165, 1.54) is 11.8 Å². The van der Waals surface area contributed by atoms with Crippen molar-refractivity contribution in [2.45, 2.75) is 12.7 Å². The van der Waals surface area contributed by atoms with Crippen molar-refractivity contribution in [1.29, 1.82) is 0 Å². The van der Waals surface area contributed by atoms with Gasteiger partial charge in [-0.25, -0.2) is 0 Å². The molecule has 1 atom stereocenters. The minimum atomic E-state index is -0.789. The summed E-state index contributed by atoms with van der Waals surface area (Å²) in [6.45, 7) is 1.68. The van der Waals surface area contributed by atoms with Crippen LogP contribution in [-0.2, 0) is 10.5 Å². The first-order valence-corrected chi connectivity index (χ1v) is 7.00. The molecule has 1 heterocycles. The zero-order valence-corrected chi connectivity index (χ0v) is 11.3. The summed E-state index contributed by atoms with van der Waals surface area (Å²) in [6, 6.07) is 9.53. The van der Waals surface area contributed by atoms with E-state index in [0.29, 0.717) is 23.3 Å². The van der Waals surface area contributed by atoms with Crippen molar-refractivity contribution in [3.63, 3.8) is 0 Å². The Bertz CT molecular complexity index is 542. The van der Waals surface area contributed by atoms with Crippen LogP contribution in [0.5, 0.6) is 0 Å². The van der Waals surface area contributed by atoms with Gasteiger partial charge in [-0.05, 0) is 12.1 Å². The molecule has 0 aliphatic heterocycles. The monoisotopic (exact) mass is 278 g/mol. The van der Waals surface area contributed by atoms with Gasteiger partial charge in [0.15, 0.2) is 0 Å². The maximum Gasteiger partial charge on any atom is 0.307 e. The molecule has 100 valence electrons. The van der Waals surface area contributed by atoms with Crippen LogP contribution in [-0.4, -0.2) is 27.0 Å². The fraction of sp³-hybridized carbons (Fsp3) is 0.308. The number of carboxylic acid groups (broad SMARTS) is 1. The molecule has 1 aromatic carbocycles. The van der Waals surface area contributed by atoms with Gasteiger partial charge in [-0.2, -0.15) is 11.8 Å². The van der Waals surface area contributed by atoms with Gasteiger partial charge in [0.2, 0.25) is 11.8 Å². The Morgan fingerprint density at radius 1 is 1.37 bits per heavy atom. The number of hydrogen-bond donors (Lipinski definition) is 1. The fourth-order valence-electron chi connectivity index (χ4n) is 1.40. The van der Waals surface area contributed by atoms with Crippen LogP contribution in [0.2, 0.25) is 0 Å². The van der Waals surface area contributed by atoms with Crippen molar-refractivity contribution in [2.75, 3.05) is 5.75 Å². The number of hydrogen-bond acceptors (Lipinski definition) is 5. The van der Waals surface area contributed by atoms with Crippen molar-refractivity contribution in [3.8, 4) is 11.5 Å². The first kappa shape index (κ1) is 13.6. The van der Waals surface area contributed by atoms with Gasteiger partial charge in [0, 0.05) is 11.3 Å². The second-order valence-electron chi connectivity index (χ2n) is 4.12. The third kappa shape index (κ3) is 3.82. The molecule has 6 heteroatoms. The van der Waals surface area contributed by atoms with Gasteiger partial charge in [0.1, 0.15) is 0 Å². The van der Waals surface area contributed by atoms with Gasteiger partial charge >= 0.3 is 5.97 Å². The lowest BCUT2D eigenvalue weighted by Crippen LogP contribution is -2.11. The number of rotatable bonds is 6. The van der Waals surface area contributed by atoms with Gasteiger partial charge in [-0.15, -0.1) is 10.2 Å². The standard InChI is InChI=1S/C13H14N2O3S/c1-9(13(16)17)7-19-8-11-14-15-12(18-11)10-5-3-2-4-6-10/h2-6,9H,7-8H2,1H3,(H,16,17). The quantitative estimate of drug-likeness (QED) is 0.875. The zero-order chi connectivity index (χ0) is 13.7. The molecule has 1 aromatic heterocycles. The molecule has 0 radical (unpaired) electrons. The number of carboxylic acids is 1. The average Bonchev–Trinajstić information content (AvgIpc) is 2.88. The Balaban J connectivity index is 1.90. The molecule has 19 heavy (non-hydrogen) atoms. The smallest absolute Gasteiger partial charge is 0.307 e. The molecule has 0 fully saturated rings. The largest absolute Gasteiger partial charge is 0.481 e. The molecular formula is C13H14N2O3S. The lowest BCUT2D eigenvalue weighted by Gasteiger charge is -2.03. The first-order chi connectivity index (χ1) is 9.16. The second kappa shape index (κ2) is 6.38. The van der Waals surface area contributed by atoms with Crippen molar-refractivity contribution in [2.24, 2.45) is 5.92 Å². The van der Waals surface area contributed by atoms with Gasteiger partial charge < -0.3 is 9.52 Å². The second-order valence-corrected chi connectivity index (χ2v) is 5.15. The summed E-state index contributed by atoms with van der Waals surface area (Å²) >= 11 is 1.47. The van der Waals surface area contributed by atoms with Crippen molar-refractivity contribution in [3.05, 3.63) is 36.2 Å². The summed E-state index contributed by atoms with van der Waals surface area (Å²) in [5, 5.41) is 16.7. The van der Waals surface area contributed by atoms with Crippen molar-refractivity contribution in [1.82, 2.24) is 10.2 Å². The predicted octanol–water partition coefficient (Wildman–Crippen LogP) is 2.69. The van der Waals surface area contributed by atoms with E-state index in [2.05, 4.69) is 10.2 Å². The number of aromatic nitrogens is 2. The molecule has 0 saturated heterocycles. The van der Waals surface area contributed by atoms with Crippen molar-refractivity contribution < 1.29 is 14.3 Å². The zero-order valence-electron chi connectivity index (χ0n) is 10.4. The van der Waals surface area contributed by atoms with Crippen LogP contribution in [0.4, 0.5) is 0 Å². The van der Waals surface area contributed by atoms with Crippen LogP contribution < -0.4 is 0 Å².